The van der Waals surface area contributed by atoms with Crippen LogP contribution in [-0.2, 0) is 11.3 Å². The Labute approximate surface area is 148 Å². The Hall–Kier alpha value is -1.46. The Morgan fingerprint density at radius 3 is 2.96 bits per heavy atom. The maximum Gasteiger partial charge on any atom is 0.239 e. The van der Waals surface area contributed by atoms with Gasteiger partial charge < -0.3 is 4.90 Å². The molecule has 3 rings (SSSR count). The van der Waals surface area contributed by atoms with Crippen molar-refractivity contribution in [3.8, 4) is 0 Å². The number of amides is 1. The molecule has 0 N–H and O–H groups in total. The average molecular weight is 346 g/mol. The molecule has 0 saturated carbocycles. The van der Waals surface area contributed by atoms with Crippen molar-refractivity contribution in [2.24, 2.45) is 0 Å². The summed E-state index contributed by atoms with van der Waals surface area (Å²) in [4.78, 5) is 21.9. The predicted octanol–water partition coefficient (Wildman–Crippen LogP) is 3.91. The van der Waals surface area contributed by atoms with Gasteiger partial charge in [0.15, 0.2) is 0 Å². The summed E-state index contributed by atoms with van der Waals surface area (Å²) in [5.41, 5.74) is 1.05. The lowest BCUT2D eigenvalue weighted by Gasteiger charge is -2.38. The molecule has 1 aromatic carbocycles. The molecule has 5 heteroatoms. The lowest BCUT2D eigenvalue weighted by molar-refractivity contribution is -0.140. The highest BCUT2D eigenvalue weighted by Gasteiger charge is 2.30. The monoisotopic (exact) mass is 345 g/mol. The highest BCUT2D eigenvalue weighted by Crippen LogP contribution is 2.24. The largest absolute Gasteiger partial charge is 0.338 e. The summed E-state index contributed by atoms with van der Waals surface area (Å²) in [6.07, 6.45) is 4.59. The van der Waals surface area contributed by atoms with E-state index >= 15 is 0 Å². The van der Waals surface area contributed by atoms with Crippen molar-refractivity contribution in [1.82, 2.24) is 14.8 Å². The Kier molecular flexibility index (Phi) is 5.51. The van der Waals surface area contributed by atoms with Crippen LogP contribution in [0.1, 0.15) is 44.5 Å². The third-order valence-corrected chi connectivity index (χ3v) is 6.14. The first-order valence-electron chi connectivity index (χ1n) is 8.95. The van der Waals surface area contributed by atoms with Gasteiger partial charge in [0, 0.05) is 12.6 Å². The summed E-state index contributed by atoms with van der Waals surface area (Å²) in [6, 6.07) is 8.52. The van der Waals surface area contributed by atoms with E-state index in [0.29, 0.717) is 6.04 Å². The minimum absolute atomic E-state index is 0.107. The van der Waals surface area contributed by atoms with E-state index in [9.17, 15) is 4.79 Å². The predicted molar refractivity (Wildman–Crippen MR) is 100 cm³/mol. The molecule has 4 nitrogen and oxygen atoms in total. The topological polar surface area (TPSA) is 36.4 Å². The van der Waals surface area contributed by atoms with Crippen LogP contribution in [0.25, 0.3) is 10.2 Å². The van der Waals surface area contributed by atoms with E-state index in [1.807, 2.05) is 32.2 Å². The minimum Gasteiger partial charge on any atom is -0.338 e. The van der Waals surface area contributed by atoms with E-state index < -0.39 is 0 Å². The molecule has 130 valence electrons. The number of likely N-dealkylation sites (N-methyl/N-ethyl adjacent to an activating group) is 1. The number of aromatic nitrogens is 1. The van der Waals surface area contributed by atoms with Crippen LogP contribution in [0.3, 0.4) is 0 Å². The standard InChI is InChI=1S/C19H27N3OS/c1-4-15-9-7-8-12-22(15)19(23)14(2)21(3)13-18-20-16-10-5-6-11-17(16)24-18/h5-6,10-11,14-15H,4,7-9,12-13H2,1-3H3. The van der Waals surface area contributed by atoms with Crippen molar-refractivity contribution in [3.63, 3.8) is 0 Å². The molecule has 0 radical (unpaired) electrons. The molecule has 2 aromatic rings. The van der Waals surface area contributed by atoms with E-state index in [2.05, 4.69) is 22.8 Å². The van der Waals surface area contributed by atoms with Crippen molar-refractivity contribution in [3.05, 3.63) is 29.3 Å². The van der Waals surface area contributed by atoms with E-state index in [4.69, 9.17) is 4.98 Å². The van der Waals surface area contributed by atoms with Crippen molar-refractivity contribution in [1.29, 1.82) is 0 Å². The summed E-state index contributed by atoms with van der Waals surface area (Å²) in [5, 5.41) is 1.07. The number of benzene rings is 1. The van der Waals surface area contributed by atoms with Gasteiger partial charge in [0.2, 0.25) is 5.91 Å². The van der Waals surface area contributed by atoms with E-state index in [1.54, 1.807) is 11.3 Å². The first-order chi connectivity index (χ1) is 11.6. The first-order valence-corrected chi connectivity index (χ1v) is 9.77. The zero-order valence-electron chi connectivity index (χ0n) is 14.9. The number of hydrogen-bond donors (Lipinski definition) is 0. The molecule has 1 fully saturated rings. The first kappa shape index (κ1) is 17.4. The number of carbonyl (C=O) groups excluding carboxylic acids is 1. The normalized spacial score (nSPS) is 19.8. The Balaban J connectivity index is 1.67. The summed E-state index contributed by atoms with van der Waals surface area (Å²) < 4.78 is 1.21. The van der Waals surface area contributed by atoms with Crippen LogP contribution in [0.4, 0.5) is 0 Å². The van der Waals surface area contributed by atoms with Gasteiger partial charge in [0.25, 0.3) is 0 Å². The van der Waals surface area contributed by atoms with Gasteiger partial charge in [-0.15, -0.1) is 11.3 Å². The molecule has 2 heterocycles. The molecule has 0 aliphatic carbocycles. The molecular weight excluding hydrogens is 318 g/mol. The molecule has 1 aliphatic rings. The second-order valence-corrected chi connectivity index (χ2v) is 7.87. The molecule has 2 atom stereocenters. The Bertz CT molecular complexity index is 666. The number of thiazole rings is 1. The molecule has 1 aliphatic heterocycles. The van der Waals surface area contributed by atoms with Gasteiger partial charge in [-0.25, -0.2) is 4.98 Å². The van der Waals surface area contributed by atoms with Gasteiger partial charge in [-0.2, -0.15) is 0 Å². The van der Waals surface area contributed by atoms with Crippen LogP contribution in [0.2, 0.25) is 0 Å². The lowest BCUT2D eigenvalue weighted by atomic mass is 9.99. The number of fused-ring (bicyclic) bond motifs is 1. The summed E-state index contributed by atoms with van der Waals surface area (Å²) in [7, 11) is 2.03. The summed E-state index contributed by atoms with van der Waals surface area (Å²) in [6.45, 7) is 5.84. The maximum atomic E-state index is 12.9. The number of hydrogen-bond acceptors (Lipinski definition) is 4. The van der Waals surface area contributed by atoms with Crippen LogP contribution in [0.5, 0.6) is 0 Å². The highest BCUT2D eigenvalue weighted by atomic mass is 32.1. The SMILES string of the molecule is CCC1CCCCN1C(=O)C(C)N(C)Cc1nc2ccccc2s1. The van der Waals surface area contributed by atoms with Gasteiger partial charge in [0.1, 0.15) is 5.01 Å². The number of likely N-dealkylation sites (tertiary alicyclic amines) is 1. The molecule has 24 heavy (non-hydrogen) atoms. The zero-order valence-corrected chi connectivity index (χ0v) is 15.7. The second kappa shape index (κ2) is 7.62. The van der Waals surface area contributed by atoms with Gasteiger partial charge in [-0.05, 0) is 51.8 Å². The third-order valence-electron chi connectivity index (χ3n) is 5.12. The number of rotatable bonds is 5. The fourth-order valence-corrected chi connectivity index (χ4v) is 4.51. The Morgan fingerprint density at radius 1 is 1.42 bits per heavy atom. The maximum absolute atomic E-state index is 12.9. The van der Waals surface area contributed by atoms with Crippen LogP contribution in [0, 0.1) is 0 Å². The molecule has 1 aromatic heterocycles. The number of nitrogens with zero attached hydrogens (tertiary/aromatic N) is 3. The highest BCUT2D eigenvalue weighted by molar-refractivity contribution is 7.18. The average Bonchev–Trinajstić information content (AvgIpc) is 3.02. The van der Waals surface area contributed by atoms with Crippen molar-refractivity contribution in [2.45, 2.75) is 58.2 Å². The second-order valence-electron chi connectivity index (χ2n) is 6.76. The third kappa shape index (κ3) is 3.62. The molecular formula is C19H27N3OS. The molecule has 1 amide bonds. The van der Waals surface area contributed by atoms with Crippen molar-refractivity contribution < 1.29 is 4.79 Å². The van der Waals surface area contributed by atoms with Gasteiger partial charge in [-0.3, -0.25) is 9.69 Å². The van der Waals surface area contributed by atoms with Gasteiger partial charge in [-0.1, -0.05) is 19.1 Å². The molecule has 2 unspecified atom stereocenters. The number of para-hydroxylation sites is 1. The number of piperidine rings is 1. The van der Waals surface area contributed by atoms with Crippen LogP contribution in [0.15, 0.2) is 24.3 Å². The molecule has 1 saturated heterocycles. The van der Waals surface area contributed by atoms with Crippen molar-refractivity contribution >= 4 is 27.5 Å². The fraction of sp³-hybridized carbons (Fsp3) is 0.579. The fourth-order valence-electron chi connectivity index (χ4n) is 3.48. The van der Waals surface area contributed by atoms with Crippen molar-refractivity contribution in [2.75, 3.05) is 13.6 Å². The number of carbonyl (C=O) groups is 1. The smallest absolute Gasteiger partial charge is 0.239 e. The van der Waals surface area contributed by atoms with Crippen LogP contribution >= 0.6 is 11.3 Å². The Morgan fingerprint density at radius 2 is 2.21 bits per heavy atom. The zero-order chi connectivity index (χ0) is 17.1. The van der Waals surface area contributed by atoms with E-state index in [-0.39, 0.29) is 11.9 Å². The van der Waals surface area contributed by atoms with E-state index in [0.717, 1.165) is 42.9 Å². The van der Waals surface area contributed by atoms with E-state index in [1.165, 1.54) is 11.1 Å². The lowest BCUT2D eigenvalue weighted by Crippen LogP contribution is -2.51. The van der Waals surface area contributed by atoms with Gasteiger partial charge in [0.05, 0.1) is 22.8 Å². The molecule has 0 bridgehead atoms. The van der Waals surface area contributed by atoms with Crippen LogP contribution < -0.4 is 0 Å². The van der Waals surface area contributed by atoms with Gasteiger partial charge >= 0.3 is 0 Å². The molecule has 0 spiro atoms. The summed E-state index contributed by atoms with van der Waals surface area (Å²) in [5.74, 6) is 0.269. The quantitative estimate of drug-likeness (QED) is 0.824. The minimum atomic E-state index is -0.107. The summed E-state index contributed by atoms with van der Waals surface area (Å²) >= 11 is 1.72. The van der Waals surface area contributed by atoms with Crippen LogP contribution in [-0.4, -0.2) is 46.4 Å².